The number of unbranched alkanes of at least 4 members (excludes halogenated alkanes) is 5. The molecule has 4 saturated carbocycles. The molecule has 0 unspecified atom stereocenters. The number of halogens is 2. The highest BCUT2D eigenvalue weighted by molar-refractivity contribution is 9.10. The zero-order valence-corrected chi connectivity index (χ0v) is 39.6. The summed E-state index contributed by atoms with van der Waals surface area (Å²) in [7, 11) is 0. The van der Waals surface area contributed by atoms with Crippen molar-refractivity contribution in [3.63, 3.8) is 0 Å². The molecule has 0 N–H and O–H groups in total. The van der Waals surface area contributed by atoms with Crippen LogP contribution in [-0.2, 0) is 9.47 Å². The Morgan fingerprint density at radius 2 is 0.793 bits per heavy atom. The Morgan fingerprint density at radius 3 is 1.14 bits per heavy atom. The van der Waals surface area contributed by atoms with Crippen LogP contribution < -0.4 is 0 Å². The number of hydrogen-bond donors (Lipinski definition) is 0. The molecular formula is C54H76Br2O2. The molecule has 0 atom stereocenters. The van der Waals surface area contributed by atoms with Crippen LogP contribution in [0.3, 0.4) is 0 Å². The minimum atomic E-state index is -0.288. The van der Waals surface area contributed by atoms with Gasteiger partial charge >= 0.3 is 0 Å². The van der Waals surface area contributed by atoms with Crippen molar-refractivity contribution in [3.8, 4) is 23.7 Å². The Kier molecular flexibility index (Phi) is 19.2. The van der Waals surface area contributed by atoms with E-state index in [1.807, 2.05) is 0 Å². The predicted octanol–water partition coefficient (Wildman–Crippen LogP) is 16.1. The molecule has 2 aromatic carbocycles. The molecule has 4 heteroatoms. The smallest absolute Gasteiger partial charge is 0.129 e. The molecule has 4 fully saturated rings. The van der Waals surface area contributed by atoms with Gasteiger partial charge in [0.15, 0.2) is 0 Å². The first-order valence-corrected chi connectivity index (χ1v) is 25.8. The maximum Gasteiger partial charge on any atom is 0.129 e. The SMILES string of the molecule is CCCC1CCC(C2CCC(C#Cc3ccc(Br)cc3)(OCCCCCCCCOC3(C#Cc4ccc(Br)cc4)CCC(C4CCC(CCC)CC4)CC3)CC2)CC1. The van der Waals surface area contributed by atoms with Gasteiger partial charge in [0.1, 0.15) is 11.2 Å². The molecule has 0 aliphatic heterocycles. The van der Waals surface area contributed by atoms with Crippen LogP contribution in [0.15, 0.2) is 57.5 Å². The van der Waals surface area contributed by atoms with E-state index in [1.165, 1.54) is 128 Å². The largest absolute Gasteiger partial charge is 0.362 e. The quantitative estimate of drug-likeness (QED) is 0.116. The Labute approximate surface area is 372 Å². The highest BCUT2D eigenvalue weighted by Gasteiger charge is 2.40. The number of rotatable bonds is 17. The van der Waals surface area contributed by atoms with Gasteiger partial charge in [0, 0.05) is 33.3 Å². The van der Waals surface area contributed by atoms with Gasteiger partial charge < -0.3 is 9.47 Å². The van der Waals surface area contributed by atoms with Gasteiger partial charge in [-0.2, -0.15) is 0 Å². The highest BCUT2D eigenvalue weighted by Crippen LogP contribution is 2.46. The first kappa shape index (κ1) is 46.0. The zero-order valence-electron chi connectivity index (χ0n) is 36.5. The fourth-order valence-corrected chi connectivity index (χ4v) is 11.9. The average molecular weight is 917 g/mol. The second-order valence-electron chi connectivity index (χ2n) is 19.1. The first-order valence-electron chi connectivity index (χ1n) is 24.2. The minimum Gasteiger partial charge on any atom is -0.362 e. The van der Waals surface area contributed by atoms with Crippen molar-refractivity contribution in [2.45, 2.75) is 192 Å². The summed E-state index contributed by atoms with van der Waals surface area (Å²) in [6, 6.07) is 16.9. The molecule has 58 heavy (non-hydrogen) atoms. The second kappa shape index (κ2) is 24.2. The van der Waals surface area contributed by atoms with Gasteiger partial charge in [-0.1, -0.05) is 146 Å². The Balaban J connectivity index is 0.919. The molecule has 4 aliphatic carbocycles. The van der Waals surface area contributed by atoms with Gasteiger partial charge in [0.2, 0.25) is 0 Å². The van der Waals surface area contributed by atoms with E-state index in [0.29, 0.717) is 0 Å². The number of hydrogen-bond acceptors (Lipinski definition) is 2. The lowest BCUT2D eigenvalue weighted by atomic mass is 9.67. The predicted molar refractivity (Wildman–Crippen MR) is 252 cm³/mol. The summed E-state index contributed by atoms with van der Waals surface area (Å²) in [4.78, 5) is 0. The first-order chi connectivity index (χ1) is 28.4. The van der Waals surface area contributed by atoms with E-state index in [1.54, 1.807) is 0 Å². The Bertz CT molecular complexity index is 1450. The van der Waals surface area contributed by atoms with Crippen LogP contribution in [0, 0.1) is 59.2 Å². The van der Waals surface area contributed by atoms with Crippen LogP contribution in [-0.4, -0.2) is 24.4 Å². The standard InChI is InChI=1S/C54H76Br2O2/c1-3-11-43-13-21-47(22-14-43)49-31-37-53(38-32-49,35-29-45-17-25-51(55)26-18-45)57-41-9-7-5-6-8-10-42-58-54(36-30-46-19-27-52(56)28-20-46)39-33-50(34-40-54)48-23-15-44(12-4-2)16-24-48/h17-20,25-28,43-44,47-50H,3-16,21-24,31-34,37-42H2,1-2H3. The van der Waals surface area contributed by atoms with Gasteiger partial charge in [-0.3, -0.25) is 0 Å². The van der Waals surface area contributed by atoms with Crippen molar-refractivity contribution in [1.82, 2.24) is 0 Å². The lowest BCUT2D eigenvalue weighted by molar-refractivity contribution is -0.0451. The molecule has 2 nitrogen and oxygen atoms in total. The van der Waals surface area contributed by atoms with Crippen LogP contribution in [0.5, 0.6) is 0 Å². The Hall–Kier alpha value is -1.56. The normalized spacial score (nSPS) is 30.1. The molecule has 0 bridgehead atoms. The van der Waals surface area contributed by atoms with Gasteiger partial charge in [-0.15, -0.1) is 0 Å². The molecule has 318 valence electrons. The summed E-state index contributed by atoms with van der Waals surface area (Å²) in [5.74, 6) is 20.0. The van der Waals surface area contributed by atoms with Crippen molar-refractivity contribution in [3.05, 3.63) is 68.6 Å². The van der Waals surface area contributed by atoms with Crippen LogP contribution >= 0.6 is 31.9 Å². The number of ether oxygens (including phenoxy) is 2. The highest BCUT2D eigenvalue weighted by atomic mass is 79.9. The molecule has 0 heterocycles. The van der Waals surface area contributed by atoms with Gasteiger partial charge in [0.25, 0.3) is 0 Å². The molecule has 0 spiro atoms. The maximum atomic E-state index is 6.83. The van der Waals surface area contributed by atoms with E-state index in [9.17, 15) is 0 Å². The van der Waals surface area contributed by atoms with Gasteiger partial charge in [-0.25, -0.2) is 0 Å². The van der Waals surface area contributed by atoms with Crippen molar-refractivity contribution in [1.29, 1.82) is 0 Å². The lowest BCUT2D eigenvalue weighted by Crippen LogP contribution is -2.38. The fraction of sp³-hybridized carbons (Fsp3) is 0.704. The molecule has 6 rings (SSSR count). The summed E-state index contributed by atoms with van der Waals surface area (Å²) in [6.07, 6.45) is 33.8. The van der Waals surface area contributed by atoms with E-state index in [-0.39, 0.29) is 11.2 Å². The molecule has 2 aromatic rings. The maximum absolute atomic E-state index is 6.83. The molecule has 0 saturated heterocycles. The zero-order chi connectivity index (χ0) is 40.5. The molecule has 0 aromatic heterocycles. The monoisotopic (exact) mass is 914 g/mol. The van der Waals surface area contributed by atoms with E-state index in [2.05, 4.69) is 118 Å². The van der Waals surface area contributed by atoms with Crippen molar-refractivity contribution in [2.24, 2.45) is 35.5 Å². The topological polar surface area (TPSA) is 18.5 Å². The fourth-order valence-electron chi connectivity index (χ4n) is 11.4. The molecule has 0 radical (unpaired) electrons. The minimum absolute atomic E-state index is 0.288. The van der Waals surface area contributed by atoms with Gasteiger partial charge in [0.05, 0.1) is 0 Å². The number of benzene rings is 2. The van der Waals surface area contributed by atoms with Gasteiger partial charge in [-0.05, 0) is 174 Å². The van der Waals surface area contributed by atoms with Crippen molar-refractivity contribution >= 4 is 31.9 Å². The molecule has 0 amide bonds. The second-order valence-corrected chi connectivity index (χ2v) is 21.0. The van der Waals surface area contributed by atoms with Crippen LogP contribution in [0.4, 0.5) is 0 Å². The van der Waals surface area contributed by atoms with Crippen LogP contribution in [0.25, 0.3) is 0 Å². The van der Waals surface area contributed by atoms with E-state index >= 15 is 0 Å². The Morgan fingerprint density at radius 1 is 0.466 bits per heavy atom. The lowest BCUT2D eigenvalue weighted by Gasteiger charge is -2.41. The van der Waals surface area contributed by atoms with E-state index < -0.39 is 0 Å². The molecular weight excluding hydrogens is 840 g/mol. The third kappa shape index (κ3) is 14.5. The summed E-state index contributed by atoms with van der Waals surface area (Å²) in [5, 5.41) is 0. The average Bonchev–Trinajstić information content (AvgIpc) is 3.25. The van der Waals surface area contributed by atoms with Crippen LogP contribution in [0.1, 0.15) is 192 Å². The van der Waals surface area contributed by atoms with E-state index in [0.717, 1.165) is 107 Å². The van der Waals surface area contributed by atoms with Crippen LogP contribution in [0.2, 0.25) is 0 Å². The summed E-state index contributed by atoms with van der Waals surface area (Å²) >= 11 is 7.16. The third-order valence-electron chi connectivity index (χ3n) is 15.0. The third-order valence-corrected chi connectivity index (χ3v) is 16.1. The summed E-state index contributed by atoms with van der Waals surface area (Å²) < 4.78 is 15.9. The van der Waals surface area contributed by atoms with Crippen molar-refractivity contribution < 1.29 is 9.47 Å². The molecule has 4 aliphatic rings. The summed E-state index contributed by atoms with van der Waals surface area (Å²) in [5.41, 5.74) is 1.59. The van der Waals surface area contributed by atoms with E-state index in [4.69, 9.17) is 9.47 Å². The van der Waals surface area contributed by atoms with Crippen molar-refractivity contribution in [2.75, 3.05) is 13.2 Å². The summed E-state index contributed by atoms with van der Waals surface area (Å²) in [6.45, 7) is 6.35.